The number of esters is 1. The van der Waals surface area contributed by atoms with Gasteiger partial charge in [-0.2, -0.15) is 0 Å². The third-order valence-corrected chi connectivity index (χ3v) is 2.69. The van der Waals surface area contributed by atoms with Crippen molar-refractivity contribution in [1.82, 2.24) is 4.98 Å². The second-order valence-electron chi connectivity index (χ2n) is 5.72. The summed E-state index contributed by atoms with van der Waals surface area (Å²) in [6, 6.07) is 11.9. The van der Waals surface area contributed by atoms with Gasteiger partial charge in [-0.15, -0.1) is 0 Å². The number of pyridine rings is 1. The van der Waals surface area contributed by atoms with E-state index >= 15 is 0 Å². The molecule has 0 fully saturated rings. The Balaban J connectivity index is 2.22. The molecule has 1 amide bonds. The second-order valence-corrected chi connectivity index (χ2v) is 5.72. The Bertz CT molecular complexity index is 676. The van der Waals surface area contributed by atoms with E-state index in [1.807, 2.05) is 6.07 Å². The van der Waals surface area contributed by atoms with Crippen LogP contribution in [0.3, 0.4) is 0 Å². The number of nitrogens with one attached hydrogen (secondary N) is 1. The van der Waals surface area contributed by atoms with Gasteiger partial charge in [-0.25, -0.2) is 9.78 Å². The molecular weight excluding hydrogens is 280 g/mol. The maximum atomic E-state index is 12.2. The van der Waals surface area contributed by atoms with Gasteiger partial charge in [-0.1, -0.05) is 18.2 Å². The number of carbonyl (C=O) groups is 2. The first kappa shape index (κ1) is 15.7. The Morgan fingerprint density at radius 1 is 1.05 bits per heavy atom. The number of carbonyl (C=O) groups excluding carboxylic acids is 2. The van der Waals surface area contributed by atoms with Crippen molar-refractivity contribution < 1.29 is 14.3 Å². The number of amides is 1. The molecule has 0 atom stereocenters. The number of aromatic nitrogens is 1. The summed E-state index contributed by atoms with van der Waals surface area (Å²) in [7, 11) is 0. The summed E-state index contributed by atoms with van der Waals surface area (Å²) in [5.74, 6) is -0.668. The van der Waals surface area contributed by atoms with Gasteiger partial charge in [0.15, 0.2) is 0 Å². The summed E-state index contributed by atoms with van der Waals surface area (Å²) in [6.45, 7) is 5.34. The molecule has 0 spiro atoms. The van der Waals surface area contributed by atoms with E-state index < -0.39 is 11.6 Å². The molecule has 0 saturated carbocycles. The highest BCUT2D eigenvalue weighted by atomic mass is 16.6. The van der Waals surface area contributed by atoms with Crippen LogP contribution in [0.1, 0.15) is 41.5 Å². The first-order valence-electron chi connectivity index (χ1n) is 6.91. The monoisotopic (exact) mass is 298 g/mol. The van der Waals surface area contributed by atoms with Crippen molar-refractivity contribution >= 4 is 17.7 Å². The van der Waals surface area contributed by atoms with Gasteiger partial charge in [0.1, 0.15) is 17.0 Å². The first-order chi connectivity index (χ1) is 10.4. The van der Waals surface area contributed by atoms with Gasteiger partial charge in [0.2, 0.25) is 0 Å². The zero-order valence-corrected chi connectivity index (χ0v) is 12.8. The topological polar surface area (TPSA) is 68.3 Å². The maximum absolute atomic E-state index is 12.2. The molecule has 0 aliphatic carbocycles. The molecule has 114 valence electrons. The van der Waals surface area contributed by atoms with Crippen molar-refractivity contribution in [2.24, 2.45) is 0 Å². The van der Waals surface area contributed by atoms with Gasteiger partial charge < -0.3 is 10.1 Å². The molecule has 1 aromatic heterocycles. The predicted octanol–water partition coefficient (Wildman–Crippen LogP) is 3.29. The number of benzene rings is 1. The molecule has 2 aromatic rings. The molecule has 1 aromatic carbocycles. The molecule has 1 N–H and O–H groups in total. The van der Waals surface area contributed by atoms with Crippen LogP contribution in [-0.4, -0.2) is 22.5 Å². The maximum Gasteiger partial charge on any atom is 0.342 e. The molecule has 0 unspecified atom stereocenters. The van der Waals surface area contributed by atoms with Crippen LogP contribution < -0.4 is 5.32 Å². The van der Waals surface area contributed by atoms with Crippen LogP contribution in [0.5, 0.6) is 0 Å². The molecule has 0 aliphatic rings. The third kappa shape index (κ3) is 4.15. The van der Waals surface area contributed by atoms with Crippen LogP contribution in [0.2, 0.25) is 0 Å². The number of nitrogens with zero attached hydrogens (tertiary/aromatic N) is 1. The normalized spacial score (nSPS) is 10.9. The minimum atomic E-state index is -0.617. The highest BCUT2D eigenvalue weighted by Crippen LogP contribution is 2.18. The zero-order chi connectivity index (χ0) is 16.2. The van der Waals surface area contributed by atoms with Crippen molar-refractivity contribution in [3.8, 4) is 0 Å². The van der Waals surface area contributed by atoms with Crippen LogP contribution in [0.25, 0.3) is 0 Å². The number of hydrogen-bond donors (Lipinski definition) is 1. The summed E-state index contributed by atoms with van der Waals surface area (Å²) in [4.78, 5) is 28.4. The Kier molecular flexibility index (Phi) is 4.56. The molecule has 0 radical (unpaired) electrons. The molecule has 2 rings (SSSR count). The summed E-state index contributed by atoms with van der Waals surface area (Å²) in [5.41, 5.74) is 0.0955. The van der Waals surface area contributed by atoms with E-state index in [0.29, 0.717) is 5.56 Å². The van der Waals surface area contributed by atoms with Gasteiger partial charge in [0.25, 0.3) is 5.91 Å². The molecule has 5 nitrogen and oxygen atoms in total. The van der Waals surface area contributed by atoms with Crippen LogP contribution in [0, 0.1) is 0 Å². The molecular formula is C17H18N2O3. The van der Waals surface area contributed by atoms with Crippen molar-refractivity contribution in [1.29, 1.82) is 0 Å². The van der Waals surface area contributed by atoms with Gasteiger partial charge in [-0.3, -0.25) is 4.79 Å². The fourth-order valence-corrected chi connectivity index (χ4v) is 1.77. The van der Waals surface area contributed by atoms with Crippen molar-refractivity contribution in [3.63, 3.8) is 0 Å². The van der Waals surface area contributed by atoms with Crippen LogP contribution in [-0.2, 0) is 4.74 Å². The Hall–Kier alpha value is -2.69. The fourth-order valence-electron chi connectivity index (χ4n) is 1.77. The Morgan fingerprint density at radius 3 is 2.36 bits per heavy atom. The smallest absolute Gasteiger partial charge is 0.342 e. The van der Waals surface area contributed by atoms with Gasteiger partial charge in [-0.05, 0) is 45.0 Å². The fraction of sp³-hybridized carbons (Fsp3) is 0.235. The molecule has 5 heteroatoms. The van der Waals surface area contributed by atoms with Gasteiger partial charge >= 0.3 is 5.97 Å². The van der Waals surface area contributed by atoms with E-state index in [1.54, 1.807) is 57.2 Å². The Morgan fingerprint density at radius 2 is 1.73 bits per heavy atom. The van der Waals surface area contributed by atoms with E-state index in [4.69, 9.17) is 4.74 Å². The largest absolute Gasteiger partial charge is 0.456 e. The van der Waals surface area contributed by atoms with E-state index in [-0.39, 0.29) is 17.3 Å². The number of anilines is 1. The van der Waals surface area contributed by atoms with E-state index in [1.165, 1.54) is 6.20 Å². The lowest BCUT2D eigenvalue weighted by atomic mass is 10.1. The van der Waals surface area contributed by atoms with Crippen molar-refractivity contribution in [2.75, 3.05) is 5.32 Å². The minimum absolute atomic E-state index is 0.186. The first-order valence-corrected chi connectivity index (χ1v) is 6.91. The number of ether oxygens (including phenoxy) is 1. The van der Waals surface area contributed by atoms with E-state index in [2.05, 4.69) is 10.3 Å². The quantitative estimate of drug-likeness (QED) is 0.883. The van der Waals surface area contributed by atoms with Crippen molar-refractivity contribution in [3.05, 3.63) is 59.8 Å². The highest BCUT2D eigenvalue weighted by molar-refractivity contribution is 6.07. The zero-order valence-electron chi connectivity index (χ0n) is 12.8. The second kappa shape index (κ2) is 6.39. The standard InChI is InChI=1S/C17H18N2O3/c1-17(2,3)22-16(21)13-10-7-11-18-14(13)19-15(20)12-8-5-4-6-9-12/h4-11H,1-3H3,(H,18,19,20). The minimum Gasteiger partial charge on any atom is -0.456 e. The van der Waals surface area contributed by atoms with E-state index in [0.717, 1.165) is 0 Å². The number of rotatable bonds is 3. The lowest BCUT2D eigenvalue weighted by Gasteiger charge is -2.20. The van der Waals surface area contributed by atoms with Crippen LogP contribution in [0.4, 0.5) is 5.82 Å². The predicted molar refractivity (Wildman–Crippen MR) is 83.8 cm³/mol. The van der Waals surface area contributed by atoms with Crippen LogP contribution in [0.15, 0.2) is 48.7 Å². The Labute approximate surface area is 129 Å². The molecule has 1 heterocycles. The molecule has 0 bridgehead atoms. The lowest BCUT2D eigenvalue weighted by Crippen LogP contribution is -2.25. The van der Waals surface area contributed by atoms with Crippen molar-refractivity contribution in [2.45, 2.75) is 26.4 Å². The van der Waals surface area contributed by atoms with Gasteiger partial charge in [0, 0.05) is 11.8 Å². The summed E-state index contributed by atoms with van der Waals surface area (Å²) >= 11 is 0. The van der Waals surface area contributed by atoms with E-state index in [9.17, 15) is 9.59 Å². The van der Waals surface area contributed by atoms with Crippen LogP contribution >= 0.6 is 0 Å². The molecule has 22 heavy (non-hydrogen) atoms. The molecule has 0 aliphatic heterocycles. The average molecular weight is 298 g/mol. The molecule has 0 saturated heterocycles. The summed E-state index contributed by atoms with van der Waals surface area (Å²) < 4.78 is 5.32. The highest BCUT2D eigenvalue weighted by Gasteiger charge is 2.21. The number of hydrogen-bond acceptors (Lipinski definition) is 4. The van der Waals surface area contributed by atoms with Gasteiger partial charge in [0.05, 0.1) is 0 Å². The third-order valence-electron chi connectivity index (χ3n) is 2.69. The summed E-state index contributed by atoms with van der Waals surface area (Å²) in [6.07, 6.45) is 1.51. The SMILES string of the molecule is CC(C)(C)OC(=O)c1cccnc1NC(=O)c1ccccc1. The lowest BCUT2D eigenvalue weighted by molar-refractivity contribution is 0.00704. The average Bonchev–Trinajstić information content (AvgIpc) is 2.47. The summed E-state index contributed by atoms with van der Waals surface area (Å²) in [5, 5.41) is 2.64.